The number of halogens is 2. The van der Waals surface area contributed by atoms with Crippen LogP contribution in [0.25, 0.3) is 0 Å². The quantitative estimate of drug-likeness (QED) is 0.486. The van der Waals surface area contributed by atoms with Crippen LogP contribution in [-0.4, -0.2) is 36.3 Å². The lowest BCUT2D eigenvalue weighted by Gasteiger charge is -2.38. The van der Waals surface area contributed by atoms with E-state index in [-0.39, 0.29) is 36.4 Å². The maximum absolute atomic E-state index is 13.3. The van der Waals surface area contributed by atoms with Gasteiger partial charge in [0, 0.05) is 30.7 Å². The maximum Gasteiger partial charge on any atom is 0.269 e. The van der Waals surface area contributed by atoms with Crippen LogP contribution in [0.3, 0.4) is 0 Å². The molecule has 0 aromatic heterocycles. The number of rotatable bonds is 6. The Morgan fingerprint density at radius 1 is 1.50 bits per heavy atom. The number of carbonyl (C=O) groups excluding carboxylic acids is 1. The van der Waals surface area contributed by atoms with Gasteiger partial charge in [-0.1, -0.05) is 0 Å². The number of nitro groups is 1. The molecule has 0 saturated heterocycles. The van der Waals surface area contributed by atoms with Gasteiger partial charge in [0.1, 0.15) is 19.1 Å². The molecule has 1 aliphatic rings. The molecule has 0 radical (unpaired) electrons. The molecule has 1 aromatic rings. The summed E-state index contributed by atoms with van der Waals surface area (Å²) in [6, 6.07) is 5.42. The number of benzene rings is 1. The summed E-state index contributed by atoms with van der Waals surface area (Å²) >= 11 is 0. The summed E-state index contributed by atoms with van der Waals surface area (Å²) in [5.74, 6) is -1.51. The zero-order valence-electron chi connectivity index (χ0n) is 12.6. The normalized spacial score (nSPS) is 18.0. The minimum atomic E-state index is -1.79. The van der Waals surface area contributed by atoms with Gasteiger partial charge in [0.15, 0.2) is 5.60 Å². The fourth-order valence-electron chi connectivity index (χ4n) is 2.57. The van der Waals surface area contributed by atoms with Gasteiger partial charge >= 0.3 is 0 Å². The molecule has 1 N–H and O–H groups in total. The second kappa shape index (κ2) is 7.21. The molecule has 7 nitrogen and oxygen atoms in total. The average molecular weight is 339 g/mol. The van der Waals surface area contributed by atoms with Crippen LogP contribution in [0.1, 0.15) is 24.3 Å². The van der Waals surface area contributed by atoms with Crippen molar-refractivity contribution in [3.63, 3.8) is 0 Å². The molecule has 1 aromatic carbocycles. The zero-order chi connectivity index (χ0) is 17.7. The SMILES string of the molecule is N#CCCNC(=O)C1CC(CF)(CF)Oc2ccc([N+](=O)[O-])cc21. The van der Waals surface area contributed by atoms with Crippen molar-refractivity contribution < 1.29 is 23.2 Å². The summed E-state index contributed by atoms with van der Waals surface area (Å²) in [6.07, 6.45) is -0.208. The Morgan fingerprint density at radius 3 is 2.79 bits per heavy atom. The molecule has 0 bridgehead atoms. The molecule has 1 aliphatic heterocycles. The number of nitro benzene ring substituents is 1. The molecule has 0 aliphatic carbocycles. The monoisotopic (exact) mass is 339 g/mol. The second-order valence-corrected chi connectivity index (χ2v) is 5.49. The summed E-state index contributed by atoms with van der Waals surface area (Å²) in [7, 11) is 0. The third-order valence-electron chi connectivity index (χ3n) is 3.82. The topological polar surface area (TPSA) is 105 Å². The van der Waals surface area contributed by atoms with E-state index < -0.39 is 35.7 Å². The van der Waals surface area contributed by atoms with E-state index in [0.717, 1.165) is 6.07 Å². The van der Waals surface area contributed by atoms with Crippen molar-refractivity contribution in [2.45, 2.75) is 24.4 Å². The second-order valence-electron chi connectivity index (χ2n) is 5.49. The number of nitrogens with zero attached hydrogens (tertiary/aromatic N) is 2. The van der Waals surface area contributed by atoms with Crippen molar-refractivity contribution >= 4 is 11.6 Å². The third kappa shape index (κ3) is 3.42. The molecule has 1 heterocycles. The molecule has 1 amide bonds. The molecular weight excluding hydrogens is 324 g/mol. The predicted molar refractivity (Wildman–Crippen MR) is 79.0 cm³/mol. The van der Waals surface area contributed by atoms with Crippen molar-refractivity contribution in [1.29, 1.82) is 5.26 Å². The number of alkyl halides is 2. The number of carbonyl (C=O) groups is 1. The Kier molecular flexibility index (Phi) is 5.28. The van der Waals surface area contributed by atoms with Crippen molar-refractivity contribution in [3.05, 3.63) is 33.9 Å². The van der Waals surface area contributed by atoms with Crippen LogP contribution >= 0.6 is 0 Å². The average Bonchev–Trinajstić information content (AvgIpc) is 2.60. The van der Waals surface area contributed by atoms with Gasteiger partial charge < -0.3 is 10.1 Å². The molecule has 1 unspecified atom stereocenters. The van der Waals surface area contributed by atoms with Gasteiger partial charge in [0.25, 0.3) is 5.69 Å². The number of ether oxygens (including phenoxy) is 1. The molecule has 1 atom stereocenters. The maximum atomic E-state index is 13.3. The highest BCUT2D eigenvalue weighted by Gasteiger charge is 2.44. The van der Waals surface area contributed by atoms with E-state index in [1.165, 1.54) is 12.1 Å². The molecule has 2 rings (SSSR count). The van der Waals surface area contributed by atoms with Crippen LogP contribution in [0.4, 0.5) is 14.5 Å². The Morgan fingerprint density at radius 2 is 2.21 bits per heavy atom. The van der Waals surface area contributed by atoms with E-state index in [1.807, 2.05) is 6.07 Å². The smallest absolute Gasteiger partial charge is 0.269 e. The van der Waals surface area contributed by atoms with Gasteiger partial charge in [0.2, 0.25) is 5.91 Å². The first-order valence-electron chi connectivity index (χ1n) is 7.20. The van der Waals surface area contributed by atoms with Crippen molar-refractivity contribution in [3.8, 4) is 11.8 Å². The van der Waals surface area contributed by atoms with Gasteiger partial charge in [-0.25, -0.2) is 8.78 Å². The molecule has 24 heavy (non-hydrogen) atoms. The van der Waals surface area contributed by atoms with Crippen LogP contribution in [-0.2, 0) is 4.79 Å². The van der Waals surface area contributed by atoms with E-state index in [4.69, 9.17) is 10.00 Å². The number of nitrogens with one attached hydrogen (secondary N) is 1. The van der Waals surface area contributed by atoms with Gasteiger partial charge in [-0.2, -0.15) is 5.26 Å². The van der Waals surface area contributed by atoms with Crippen LogP contribution in [0.15, 0.2) is 18.2 Å². The third-order valence-corrected chi connectivity index (χ3v) is 3.82. The molecule has 9 heteroatoms. The van der Waals surface area contributed by atoms with Crippen molar-refractivity contribution in [2.24, 2.45) is 0 Å². The zero-order valence-corrected chi connectivity index (χ0v) is 12.6. The summed E-state index contributed by atoms with van der Waals surface area (Å²) in [5, 5.41) is 21.9. The Hall–Kier alpha value is -2.76. The van der Waals surface area contributed by atoms with Crippen LogP contribution in [0.5, 0.6) is 5.75 Å². The number of hydrogen-bond acceptors (Lipinski definition) is 5. The highest BCUT2D eigenvalue weighted by Crippen LogP contribution is 2.43. The first kappa shape index (κ1) is 17.6. The largest absolute Gasteiger partial charge is 0.481 e. The van der Waals surface area contributed by atoms with Crippen LogP contribution < -0.4 is 10.1 Å². The molecule has 128 valence electrons. The summed E-state index contributed by atoms with van der Waals surface area (Å²) in [6.45, 7) is -2.20. The summed E-state index contributed by atoms with van der Waals surface area (Å²) < 4.78 is 32.0. The predicted octanol–water partition coefficient (Wildman–Crippen LogP) is 2.17. The number of amides is 1. The lowest BCUT2D eigenvalue weighted by Crippen LogP contribution is -2.48. The van der Waals surface area contributed by atoms with E-state index in [2.05, 4.69) is 5.32 Å². The summed E-state index contributed by atoms with van der Waals surface area (Å²) in [5.41, 5.74) is -1.84. The van der Waals surface area contributed by atoms with Crippen LogP contribution in [0, 0.1) is 21.4 Å². The highest BCUT2D eigenvalue weighted by atomic mass is 19.1. The Labute approximate surface area is 136 Å². The molecule has 0 spiro atoms. The lowest BCUT2D eigenvalue weighted by atomic mass is 9.82. The van der Waals surface area contributed by atoms with Gasteiger partial charge in [-0.05, 0) is 6.07 Å². The fourth-order valence-corrected chi connectivity index (χ4v) is 2.57. The number of hydrogen-bond donors (Lipinski definition) is 1. The van der Waals surface area contributed by atoms with E-state index in [1.54, 1.807) is 0 Å². The Bertz CT molecular complexity index is 686. The molecule has 0 saturated carbocycles. The standard InChI is InChI=1S/C15H15F2N3O4/c16-8-15(9-17)7-12(14(21)19-5-1-4-18)11-6-10(20(22)23)2-3-13(11)24-15/h2-3,6,12H,1,5,7-9H2,(H,19,21). The van der Waals surface area contributed by atoms with Gasteiger partial charge in [0.05, 0.1) is 23.3 Å². The minimum absolute atomic E-state index is 0.0441. The fraction of sp³-hybridized carbons (Fsp3) is 0.467. The first-order chi connectivity index (χ1) is 11.5. The van der Waals surface area contributed by atoms with E-state index in [9.17, 15) is 23.7 Å². The Balaban J connectivity index is 2.40. The lowest BCUT2D eigenvalue weighted by molar-refractivity contribution is -0.385. The van der Waals surface area contributed by atoms with Crippen molar-refractivity contribution in [1.82, 2.24) is 5.32 Å². The number of nitriles is 1. The number of fused-ring (bicyclic) bond motifs is 1. The molecule has 0 fully saturated rings. The minimum Gasteiger partial charge on any atom is -0.481 e. The molecular formula is C15H15F2N3O4. The van der Waals surface area contributed by atoms with Gasteiger partial charge in [-0.3, -0.25) is 14.9 Å². The van der Waals surface area contributed by atoms with E-state index in [0.29, 0.717) is 0 Å². The van der Waals surface area contributed by atoms with Crippen LogP contribution in [0.2, 0.25) is 0 Å². The number of non-ortho nitro benzene ring substituents is 1. The highest BCUT2D eigenvalue weighted by molar-refractivity contribution is 5.85. The van der Waals surface area contributed by atoms with Crippen molar-refractivity contribution in [2.75, 3.05) is 19.9 Å². The summed E-state index contributed by atoms with van der Waals surface area (Å²) in [4.78, 5) is 22.6. The van der Waals surface area contributed by atoms with Gasteiger partial charge in [-0.15, -0.1) is 0 Å². The first-order valence-corrected chi connectivity index (χ1v) is 7.20. The van der Waals surface area contributed by atoms with E-state index >= 15 is 0 Å².